The maximum absolute atomic E-state index is 10.9. The lowest BCUT2D eigenvalue weighted by Crippen LogP contribution is -2.44. The normalized spacial score (nSPS) is 12.3. The largest absolute Gasteiger partial charge is 0.492 e. The van der Waals surface area contributed by atoms with E-state index in [0.717, 1.165) is 22.3 Å². The van der Waals surface area contributed by atoms with Crippen LogP contribution >= 0.6 is 0 Å². The van der Waals surface area contributed by atoms with Gasteiger partial charge in [-0.15, -0.1) is 0 Å². The smallest absolute Gasteiger partial charge is 0.405 e. The van der Waals surface area contributed by atoms with E-state index < -0.39 is 11.6 Å². The third-order valence-corrected chi connectivity index (χ3v) is 4.55. The molecule has 0 saturated heterocycles. The minimum absolute atomic E-state index is 0.0874. The van der Waals surface area contributed by atoms with Crippen molar-refractivity contribution in [1.82, 2.24) is 20.3 Å². The molecule has 8 heteroatoms. The van der Waals surface area contributed by atoms with Gasteiger partial charge < -0.3 is 20.1 Å². The molecule has 2 aromatic heterocycles. The summed E-state index contributed by atoms with van der Waals surface area (Å²) in [5, 5.41) is 21.9. The standard InChI is InChI=1S/C21H23N5O3/c1-13(9-21(2,3)26-20(27)28)11-29-17-5-4-14(8-15(17)10-22)18-16-6-7-23-19(16)25-12-24-18/h4-8,12-13,26H,9,11H2,1-3H3,(H,27,28)(H,23,24,25)/t13-/m0/s1. The summed E-state index contributed by atoms with van der Waals surface area (Å²) < 4.78 is 5.87. The Hall–Kier alpha value is -3.60. The fraction of sp³-hybridized carbons (Fsp3) is 0.333. The van der Waals surface area contributed by atoms with Gasteiger partial charge in [0.05, 0.1) is 17.9 Å². The van der Waals surface area contributed by atoms with E-state index in [9.17, 15) is 10.1 Å². The number of carbonyl (C=O) groups is 1. The number of hydrogen-bond acceptors (Lipinski definition) is 5. The van der Waals surface area contributed by atoms with Crippen molar-refractivity contribution in [2.45, 2.75) is 32.7 Å². The molecule has 1 amide bonds. The summed E-state index contributed by atoms with van der Waals surface area (Å²) in [4.78, 5) is 22.5. The van der Waals surface area contributed by atoms with E-state index >= 15 is 0 Å². The zero-order valence-electron chi connectivity index (χ0n) is 16.6. The van der Waals surface area contributed by atoms with Crippen molar-refractivity contribution in [3.8, 4) is 23.1 Å². The van der Waals surface area contributed by atoms with Crippen LogP contribution in [0.2, 0.25) is 0 Å². The van der Waals surface area contributed by atoms with Crippen LogP contribution in [0.5, 0.6) is 5.75 Å². The highest BCUT2D eigenvalue weighted by Crippen LogP contribution is 2.29. The van der Waals surface area contributed by atoms with Crippen LogP contribution < -0.4 is 10.1 Å². The van der Waals surface area contributed by atoms with Gasteiger partial charge >= 0.3 is 6.09 Å². The van der Waals surface area contributed by atoms with E-state index in [1.54, 1.807) is 18.3 Å². The molecule has 0 unspecified atom stereocenters. The van der Waals surface area contributed by atoms with E-state index in [1.807, 2.05) is 32.9 Å². The van der Waals surface area contributed by atoms with E-state index in [2.05, 4.69) is 26.3 Å². The molecule has 0 bridgehead atoms. The molecule has 0 aliphatic carbocycles. The second-order valence-electron chi connectivity index (χ2n) is 7.72. The van der Waals surface area contributed by atoms with Crippen LogP contribution in [0.1, 0.15) is 32.8 Å². The van der Waals surface area contributed by atoms with Crippen LogP contribution in [-0.2, 0) is 0 Å². The van der Waals surface area contributed by atoms with Gasteiger partial charge in [-0.3, -0.25) is 0 Å². The van der Waals surface area contributed by atoms with Crippen molar-refractivity contribution in [3.05, 3.63) is 42.4 Å². The number of fused-ring (bicyclic) bond motifs is 1. The molecule has 3 aromatic rings. The van der Waals surface area contributed by atoms with Crippen molar-refractivity contribution in [3.63, 3.8) is 0 Å². The number of aromatic nitrogens is 3. The Labute approximate surface area is 168 Å². The number of H-pyrrole nitrogens is 1. The minimum Gasteiger partial charge on any atom is -0.492 e. The molecular weight excluding hydrogens is 370 g/mol. The van der Waals surface area contributed by atoms with Crippen molar-refractivity contribution in [2.24, 2.45) is 5.92 Å². The second kappa shape index (κ2) is 8.19. The Bertz CT molecular complexity index is 1070. The molecular formula is C21H23N5O3. The van der Waals surface area contributed by atoms with Gasteiger partial charge in [0.2, 0.25) is 0 Å². The highest BCUT2D eigenvalue weighted by Gasteiger charge is 2.23. The molecule has 0 radical (unpaired) electrons. The first-order valence-electron chi connectivity index (χ1n) is 9.25. The fourth-order valence-corrected chi connectivity index (χ4v) is 3.50. The van der Waals surface area contributed by atoms with Crippen LogP contribution in [0.4, 0.5) is 4.79 Å². The van der Waals surface area contributed by atoms with Gasteiger partial charge in [0.1, 0.15) is 23.8 Å². The number of nitrogens with one attached hydrogen (secondary N) is 2. The topological polar surface area (TPSA) is 124 Å². The third kappa shape index (κ3) is 4.82. The van der Waals surface area contributed by atoms with Gasteiger partial charge in [0, 0.05) is 22.7 Å². The first-order chi connectivity index (χ1) is 13.8. The first-order valence-corrected chi connectivity index (χ1v) is 9.25. The van der Waals surface area contributed by atoms with Gasteiger partial charge in [0.25, 0.3) is 0 Å². The molecule has 0 saturated carbocycles. The van der Waals surface area contributed by atoms with Crippen LogP contribution in [0, 0.1) is 17.2 Å². The van der Waals surface area contributed by atoms with E-state index in [0.29, 0.717) is 24.3 Å². The summed E-state index contributed by atoms with van der Waals surface area (Å²) >= 11 is 0. The van der Waals surface area contributed by atoms with E-state index in [-0.39, 0.29) is 5.92 Å². The van der Waals surface area contributed by atoms with Crippen LogP contribution in [0.25, 0.3) is 22.3 Å². The molecule has 150 valence electrons. The number of rotatable bonds is 7. The Morgan fingerprint density at radius 3 is 2.90 bits per heavy atom. The molecule has 0 spiro atoms. The predicted molar refractivity (Wildman–Crippen MR) is 109 cm³/mol. The number of amides is 1. The Kier molecular flexibility index (Phi) is 5.69. The number of hydrogen-bond donors (Lipinski definition) is 3. The summed E-state index contributed by atoms with van der Waals surface area (Å²) in [5.41, 5.74) is 2.14. The summed E-state index contributed by atoms with van der Waals surface area (Å²) in [6, 6.07) is 9.46. The van der Waals surface area contributed by atoms with Crippen LogP contribution in [0.3, 0.4) is 0 Å². The maximum atomic E-state index is 10.9. The molecule has 1 aromatic carbocycles. The summed E-state index contributed by atoms with van der Waals surface area (Å²) in [6.45, 7) is 6.01. The number of carboxylic acid groups (broad SMARTS) is 1. The zero-order valence-corrected chi connectivity index (χ0v) is 16.6. The fourth-order valence-electron chi connectivity index (χ4n) is 3.50. The quantitative estimate of drug-likeness (QED) is 0.558. The molecule has 0 fully saturated rings. The molecule has 1 atom stereocenters. The highest BCUT2D eigenvalue weighted by molar-refractivity contribution is 5.90. The predicted octanol–water partition coefficient (Wildman–Crippen LogP) is 3.95. The van der Waals surface area contributed by atoms with Crippen molar-refractivity contribution in [1.29, 1.82) is 5.26 Å². The van der Waals surface area contributed by atoms with Gasteiger partial charge in [-0.05, 0) is 50.5 Å². The molecule has 8 nitrogen and oxygen atoms in total. The zero-order chi connectivity index (χ0) is 21.0. The van der Waals surface area contributed by atoms with Crippen LogP contribution in [-0.4, -0.2) is 38.3 Å². The second-order valence-corrected chi connectivity index (χ2v) is 7.72. The lowest BCUT2D eigenvalue weighted by molar-refractivity contribution is 0.169. The Balaban J connectivity index is 1.74. The van der Waals surface area contributed by atoms with E-state index in [4.69, 9.17) is 9.84 Å². The van der Waals surface area contributed by atoms with E-state index in [1.165, 1.54) is 6.33 Å². The van der Waals surface area contributed by atoms with Crippen molar-refractivity contribution in [2.75, 3.05) is 6.61 Å². The third-order valence-electron chi connectivity index (χ3n) is 4.55. The summed E-state index contributed by atoms with van der Waals surface area (Å²) in [6.07, 6.45) is 2.84. The highest BCUT2D eigenvalue weighted by atomic mass is 16.5. The monoisotopic (exact) mass is 393 g/mol. The number of nitrogens with zero attached hydrogens (tertiary/aromatic N) is 3. The molecule has 2 heterocycles. The molecule has 0 aliphatic heterocycles. The Morgan fingerprint density at radius 1 is 1.38 bits per heavy atom. The summed E-state index contributed by atoms with van der Waals surface area (Å²) in [7, 11) is 0. The average molecular weight is 393 g/mol. The first kappa shape index (κ1) is 20.1. The number of benzene rings is 1. The SMILES string of the molecule is C[C@H](COc1ccc(-c2ncnc3[nH]ccc23)cc1C#N)CC(C)(C)NC(=O)O. The van der Waals surface area contributed by atoms with Gasteiger partial charge in [0.15, 0.2) is 0 Å². The van der Waals surface area contributed by atoms with Crippen molar-refractivity contribution < 1.29 is 14.6 Å². The summed E-state index contributed by atoms with van der Waals surface area (Å²) in [5.74, 6) is 0.580. The number of aromatic amines is 1. The molecule has 29 heavy (non-hydrogen) atoms. The van der Waals surface area contributed by atoms with Gasteiger partial charge in [-0.25, -0.2) is 14.8 Å². The molecule has 3 N–H and O–H groups in total. The lowest BCUT2D eigenvalue weighted by Gasteiger charge is -2.28. The maximum Gasteiger partial charge on any atom is 0.405 e. The minimum atomic E-state index is -1.05. The van der Waals surface area contributed by atoms with Crippen molar-refractivity contribution >= 4 is 17.1 Å². The van der Waals surface area contributed by atoms with Gasteiger partial charge in [-0.1, -0.05) is 6.92 Å². The number of ether oxygens (including phenoxy) is 1. The van der Waals surface area contributed by atoms with Crippen LogP contribution in [0.15, 0.2) is 36.8 Å². The average Bonchev–Trinajstić information content (AvgIpc) is 3.13. The Morgan fingerprint density at radius 2 is 2.17 bits per heavy atom. The molecule has 3 rings (SSSR count). The molecule has 0 aliphatic rings. The lowest BCUT2D eigenvalue weighted by atomic mass is 9.92. The number of nitriles is 1. The van der Waals surface area contributed by atoms with Gasteiger partial charge in [-0.2, -0.15) is 5.26 Å².